The largest absolute Gasteiger partial charge is 0.385 e. The Morgan fingerprint density at radius 1 is 0.939 bits per heavy atom. The van der Waals surface area contributed by atoms with Crippen LogP contribution in [0.5, 0.6) is 0 Å². The van der Waals surface area contributed by atoms with Gasteiger partial charge in [0.1, 0.15) is 0 Å². The second-order valence-corrected chi connectivity index (χ2v) is 8.51. The summed E-state index contributed by atoms with van der Waals surface area (Å²) in [6, 6.07) is 21.3. The first-order valence-corrected chi connectivity index (χ1v) is 11.6. The van der Waals surface area contributed by atoms with Crippen LogP contribution in [0.15, 0.2) is 60.7 Å². The van der Waals surface area contributed by atoms with Gasteiger partial charge in [-0.15, -0.1) is 0 Å². The first kappa shape index (κ1) is 24.9. The van der Waals surface area contributed by atoms with E-state index >= 15 is 0 Å². The van der Waals surface area contributed by atoms with Gasteiger partial charge < -0.3 is 15.0 Å². The predicted octanol–water partition coefficient (Wildman–Crippen LogP) is 2.00. The molecule has 7 nitrogen and oxygen atoms in total. The average Bonchev–Trinajstić information content (AvgIpc) is 2.84. The van der Waals surface area contributed by atoms with Gasteiger partial charge in [0.2, 0.25) is 11.8 Å². The maximum atomic E-state index is 12.8. The molecule has 1 heterocycles. The number of benzene rings is 2. The van der Waals surface area contributed by atoms with E-state index in [2.05, 4.69) is 58.7 Å². The topological polar surface area (TPSA) is 65.1 Å². The van der Waals surface area contributed by atoms with E-state index in [0.717, 1.165) is 19.5 Å². The molecule has 2 aromatic rings. The van der Waals surface area contributed by atoms with Gasteiger partial charge in [-0.25, -0.2) is 0 Å². The van der Waals surface area contributed by atoms with Gasteiger partial charge in [-0.1, -0.05) is 60.7 Å². The third-order valence-electron chi connectivity index (χ3n) is 5.93. The quantitative estimate of drug-likeness (QED) is 0.529. The molecule has 0 aromatic heterocycles. The van der Waals surface area contributed by atoms with Crippen molar-refractivity contribution in [1.82, 2.24) is 20.0 Å². The van der Waals surface area contributed by atoms with Gasteiger partial charge >= 0.3 is 0 Å². The standard InChI is InChI=1S/C26H36N4O3/c1-28(20-24(31)27-14-9-19-33-2)21-25(32)29-15-17-30(18-16-29)26(22-10-5-3-6-11-22)23-12-7-4-8-13-23/h3-8,10-13,26H,9,14-21H2,1-2H3,(H,27,31). The number of amides is 2. The van der Waals surface area contributed by atoms with Crippen LogP contribution in [0.4, 0.5) is 0 Å². The lowest BCUT2D eigenvalue weighted by molar-refractivity contribution is -0.134. The van der Waals surface area contributed by atoms with Crippen LogP contribution in [0.1, 0.15) is 23.6 Å². The monoisotopic (exact) mass is 452 g/mol. The zero-order chi connectivity index (χ0) is 23.5. The van der Waals surface area contributed by atoms with Crippen molar-refractivity contribution in [2.75, 3.05) is 66.6 Å². The molecular weight excluding hydrogens is 416 g/mol. The van der Waals surface area contributed by atoms with E-state index in [0.29, 0.717) is 26.2 Å². The van der Waals surface area contributed by atoms with Crippen molar-refractivity contribution in [3.05, 3.63) is 71.8 Å². The Hall–Kier alpha value is -2.74. The number of hydrogen-bond donors (Lipinski definition) is 1. The Bertz CT molecular complexity index is 815. The number of methoxy groups -OCH3 is 1. The van der Waals surface area contributed by atoms with E-state index in [1.165, 1.54) is 11.1 Å². The fourth-order valence-corrected chi connectivity index (χ4v) is 4.25. The lowest BCUT2D eigenvalue weighted by Gasteiger charge is -2.40. The number of ether oxygens (including phenoxy) is 1. The molecule has 0 atom stereocenters. The molecule has 1 aliphatic heterocycles. The maximum Gasteiger partial charge on any atom is 0.236 e. The molecule has 0 saturated carbocycles. The second kappa shape index (κ2) is 13.1. The first-order valence-electron chi connectivity index (χ1n) is 11.6. The molecule has 1 saturated heterocycles. The third-order valence-corrected chi connectivity index (χ3v) is 5.93. The fraction of sp³-hybridized carbons (Fsp3) is 0.462. The van der Waals surface area contributed by atoms with Gasteiger partial charge in [-0.3, -0.25) is 19.4 Å². The van der Waals surface area contributed by atoms with E-state index in [1.807, 2.05) is 24.1 Å². The van der Waals surface area contributed by atoms with Gasteiger partial charge in [-0.2, -0.15) is 0 Å². The van der Waals surface area contributed by atoms with Crippen LogP contribution >= 0.6 is 0 Å². The van der Waals surface area contributed by atoms with Crippen molar-refractivity contribution >= 4 is 11.8 Å². The van der Waals surface area contributed by atoms with Crippen molar-refractivity contribution in [3.63, 3.8) is 0 Å². The molecule has 2 amide bonds. The Kier molecular flexibility index (Phi) is 9.87. The van der Waals surface area contributed by atoms with E-state index in [1.54, 1.807) is 12.0 Å². The number of likely N-dealkylation sites (N-methyl/N-ethyl adjacent to an activating group) is 1. The highest BCUT2D eigenvalue weighted by Gasteiger charge is 2.28. The summed E-state index contributed by atoms with van der Waals surface area (Å²) in [5.74, 6) is 0.0000848. The first-order chi connectivity index (χ1) is 16.1. The molecule has 0 bridgehead atoms. The molecule has 1 fully saturated rings. The molecule has 2 aromatic carbocycles. The third kappa shape index (κ3) is 7.67. The summed E-state index contributed by atoms with van der Waals surface area (Å²) in [7, 11) is 3.45. The highest BCUT2D eigenvalue weighted by atomic mass is 16.5. The minimum Gasteiger partial charge on any atom is -0.385 e. The number of carbonyl (C=O) groups excluding carboxylic acids is 2. The molecular formula is C26H36N4O3. The van der Waals surface area contributed by atoms with E-state index in [-0.39, 0.29) is 30.9 Å². The Labute approximate surface area is 197 Å². The summed E-state index contributed by atoms with van der Waals surface area (Å²) in [5, 5.41) is 2.86. The Morgan fingerprint density at radius 2 is 1.52 bits per heavy atom. The number of carbonyl (C=O) groups is 2. The fourth-order valence-electron chi connectivity index (χ4n) is 4.25. The van der Waals surface area contributed by atoms with E-state index in [9.17, 15) is 9.59 Å². The number of rotatable bonds is 11. The summed E-state index contributed by atoms with van der Waals surface area (Å²) in [6.45, 7) is 4.65. The molecule has 0 radical (unpaired) electrons. The van der Waals surface area contributed by atoms with Crippen molar-refractivity contribution in [1.29, 1.82) is 0 Å². The van der Waals surface area contributed by atoms with Crippen LogP contribution in [0, 0.1) is 0 Å². The highest BCUT2D eigenvalue weighted by molar-refractivity contribution is 5.81. The summed E-state index contributed by atoms with van der Waals surface area (Å²) >= 11 is 0. The molecule has 1 N–H and O–H groups in total. The van der Waals surface area contributed by atoms with Crippen molar-refractivity contribution in [3.8, 4) is 0 Å². The number of nitrogens with one attached hydrogen (secondary N) is 1. The molecule has 0 aliphatic carbocycles. The van der Waals surface area contributed by atoms with Gasteiger partial charge in [-0.05, 0) is 24.6 Å². The van der Waals surface area contributed by atoms with Gasteiger partial charge in [0.05, 0.1) is 19.1 Å². The smallest absolute Gasteiger partial charge is 0.236 e. The number of piperazine rings is 1. The molecule has 0 unspecified atom stereocenters. The maximum absolute atomic E-state index is 12.8. The summed E-state index contributed by atoms with van der Waals surface area (Å²) in [5.41, 5.74) is 2.53. The van der Waals surface area contributed by atoms with Crippen molar-refractivity contribution in [2.24, 2.45) is 0 Å². The average molecular weight is 453 g/mol. The minimum atomic E-state index is -0.0696. The Balaban J connectivity index is 1.50. The van der Waals surface area contributed by atoms with Gasteiger partial charge in [0.25, 0.3) is 0 Å². The number of nitrogens with zero attached hydrogens (tertiary/aromatic N) is 3. The van der Waals surface area contributed by atoms with Crippen LogP contribution in [-0.4, -0.2) is 93.1 Å². The lowest BCUT2D eigenvalue weighted by Crippen LogP contribution is -2.52. The summed E-state index contributed by atoms with van der Waals surface area (Å²) in [4.78, 5) is 31.0. The highest BCUT2D eigenvalue weighted by Crippen LogP contribution is 2.29. The predicted molar refractivity (Wildman–Crippen MR) is 130 cm³/mol. The molecule has 7 heteroatoms. The lowest BCUT2D eigenvalue weighted by atomic mass is 9.96. The van der Waals surface area contributed by atoms with Gasteiger partial charge in [0.15, 0.2) is 0 Å². The van der Waals surface area contributed by atoms with Crippen LogP contribution in [-0.2, 0) is 14.3 Å². The summed E-state index contributed by atoms with van der Waals surface area (Å²) < 4.78 is 4.98. The minimum absolute atomic E-state index is 0.0696. The SMILES string of the molecule is COCCCNC(=O)CN(C)CC(=O)N1CCN(C(c2ccccc2)c2ccccc2)CC1. The summed E-state index contributed by atoms with van der Waals surface area (Å²) in [6.07, 6.45) is 0.780. The zero-order valence-corrected chi connectivity index (χ0v) is 19.8. The van der Waals surface area contributed by atoms with Crippen molar-refractivity contribution < 1.29 is 14.3 Å². The van der Waals surface area contributed by atoms with Crippen LogP contribution in [0.2, 0.25) is 0 Å². The zero-order valence-electron chi connectivity index (χ0n) is 19.8. The normalized spacial score (nSPS) is 14.6. The van der Waals surface area contributed by atoms with Crippen LogP contribution in [0.25, 0.3) is 0 Å². The second-order valence-electron chi connectivity index (χ2n) is 8.51. The molecule has 178 valence electrons. The van der Waals surface area contributed by atoms with E-state index in [4.69, 9.17) is 4.74 Å². The molecule has 0 spiro atoms. The van der Waals surface area contributed by atoms with E-state index < -0.39 is 0 Å². The molecule has 3 rings (SSSR count). The number of hydrogen-bond acceptors (Lipinski definition) is 5. The Morgan fingerprint density at radius 3 is 2.06 bits per heavy atom. The van der Waals surface area contributed by atoms with Gasteiger partial charge in [0, 0.05) is 46.4 Å². The van der Waals surface area contributed by atoms with Crippen molar-refractivity contribution in [2.45, 2.75) is 12.5 Å². The molecule has 1 aliphatic rings. The molecule has 33 heavy (non-hydrogen) atoms. The van der Waals surface area contributed by atoms with Crippen LogP contribution in [0.3, 0.4) is 0 Å². The van der Waals surface area contributed by atoms with Crippen LogP contribution < -0.4 is 5.32 Å².